The Morgan fingerprint density at radius 3 is 2.47 bits per heavy atom. The second-order valence-electron chi connectivity index (χ2n) is 3.43. The molecule has 2 heteroatoms. The average Bonchev–Trinajstić information content (AvgIpc) is 2.31. The molecular weight excluding hydrogens is 186 g/mol. The zero-order chi connectivity index (χ0) is 11.1. The molecule has 0 fully saturated rings. The Kier molecular flexibility index (Phi) is 4.91. The number of hydrogen-bond donors (Lipinski definition) is 1. The maximum Gasteiger partial charge on any atom is 0.118 e. The van der Waals surface area contributed by atoms with Crippen LogP contribution in [0.2, 0.25) is 0 Å². The van der Waals surface area contributed by atoms with Crippen molar-refractivity contribution in [1.29, 1.82) is 0 Å². The van der Waals surface area contributed by atoms with Gasteiger partial charge in [-0.15, -0.1) is 0 Å². The predicted octanol–water partition coefficient (Wildman–Crippen LogP) is 2.84. The third-order valence-corrected chi connectivity index (χ3v) is 2.46. The lowest BCUT2D eigenvalue weighted by Gasteiger charge is -2.07. The third-order valence-electron chi connectivity index (χ3n) is 2.46. The Balaban J connectivity index is 2.75. The van der Waals surface area contributed by atoms with E-state index in [1.807, 2.05) is 12.1 Å². The van der Waals surface area contributed by atoms with Crippen LogP contribution < -0.4 is 10.5 Å². The van der Waals surface area contributed by atoms with Gasteiger partial charge in [0.25, 0.3) is 0 Å². The van der Waals surface area contributed by atoms with Crippen molar-refractivity contribution in [2.75, 3.05) is 13.7 Å². The molecule has 0 unspecified atom stereocenters. The van der Waals surface area contributed by atoms with Crippen molar-refractivity contribution in [3.8, 4) is 5.75 Å². The van der Waals surface area contributed by atoms with E-state index in [2.05, 4.69) is 25.1 Å². The van der Waals surface area contributed by atoms with Gasteiger partial charge in [-0.05, 0) is 49.6 Å². The molecule has 1 aromatic carbocycles. The zero-order valence-corrected chi connectivity index (χ0v) is 9.49. The number of nitrogens with two attached hydrogens (primary N) is 1. The molecule has 0 amide bonds. The smallest absolute Gasteiger partial charge is 0.118 e. The molecule has 15 heavy (non-hydrogen) atoms. The molecule has 0 saturated carbocycles. The summed E-state index contributed by atoms with van der Waals surface area (Å²) in [5, 5.41) is 0. The second-order valence-corrected chi connectivity index (χ2v) is 3.43. The van der Waals surface area contributed by atoms with Gasteiger partial charge in [0.15, 0.2) is 0 Å². The van der Waals surface area contributed by atoms with Crippen molar-refractivity contribution >= 4 is 5.57 Å². The van der Waals surface area contributed by atoms with Crippen molar-refractivity contribution in [2.24, 2.45) is 5.73 Å². The monoisotopic (exact) mass is 205 g/mol. The van der Waals surface area contributed by atoms with Gasteiger partial charge in [0, 0.05) is 0 Å². The Bertz CT molecular complexity index is 314. The maximum atomic E-state index is 5.51. The molecule has 2 N–H and O–H groups in total. The van der Waals surface area contributed by atoms with Gasteiger partial charge in [-0.2, -0.15) is 0 Å². The molecule has 0 saturated heterocycles. The average molecular weight is 205 g/mol. The van der Waals surface area contributed by atoms with Crippen LogP contribution >= 0.6 is 0 Å². The zero-order valence-electron chi connectivity index (χ0n) is 9.49. The summed E-state index contributed by atoms with van der Waals surface area (Å²) in [5.41, 5.74) is 8.11. The van der Waals surface area contributed by atoms with E-state index in [0.29, 0.717) is 0 Å². The lowest BCUT2D eigenvalue weighted by molar-refractivity contribution is 0.415. The lowest BCUT2D eigenvalue weighted by Crippen LogP contribution is -1.98. The number of hydrogen-bond acceptors (Lipinski definition) is 2. The molecule has 0 heterocycles. The molecule has 0 aliphatic heterocycles. The van der Waals surface area contributed by atoms with Gasteiger partial charge >= 0.3 is 0 Å². The molecule has 1 aromatic rings. The summed E-state index contributed by atoms with van der Waals surface area (Å²) in [6.45, 7) is 2.81. The van der Waals surface area contributed by atoms with E-state index >= 15 is 0 Å². The summed E-state index contributed by atoms with van der Waals surface area (Å²) >= 11 is 0. The number of allylic oxidation sites excluding steroid dienone is 2. The molecule has 0 bridgehead atoms. The van der Waals surface area contributed by atoms with E-state index in [9.17, 15) is 0 Å². The molecule has 0 spiro atoms. The van der Waals surface area contributed by atoms with Crippen LogP contribution in [-0.4, -0.2) is 13.7 Å². The highest BCUT2D eigenvalue weighted by atomic mass is 16.5. The highest BCUT2D eigenvalue weighted by Crippen LogP contribution is 2.22. The first-order chi connectivity index (χ1) is 7.31. The van der Waals surface area contributed by atoms with Crippen LogP contribution in [0.3, 0.4) is 0 Å². The van der Waals surface area contributed by atoms with Crippen LogP contribution in [0, 0.1) is 0 Å². The lowest BCUT2D eigenvalue weighted by atomic mass is 10.0. The van der Waals surface area contributed by atoms with E-state index in [4.69, 9.17) is 10.5 Å². The minimum absolute atomic E-state index is 0.744. The summed E-state index contributed by atoms with van der Waals surface area (Å²) < 4.78 is 5.12. The van der Waals surface area contributed by atoms with Gasteiger partial charge in [0.1, 0.15) is 5.75 Å². The standard InChI is InChI=1S/C13H19NO/c1-3-11(5-4-10-14)12-6-8-13(15-2)9-7-12/h3,6-9H,4-5,10,14H2,1-2H3/b11-3+. The fourth-order valence-electron chi connectivity index (χ4n) is 1.55. The van der Waals surface area contributed by atoms with Crippen LogP contribution in [-0.2, 0) is 0 Å². The summed E-state index contributed by atoms with van der Waals surface area (Å²) in [5.74, 6) is 0.896. The van der Waals surface area contributed by atoms with Crippen molar-refractivity contribution in [2.45, 2.75) is 19.8 Å². The first-order valence-corrected chi connectivity index (χ1v) is 5.31. The Labute approximate surface area is 91.7 Å². The minimum Gasteiger partial charge on any atom is -0.497 e. The molecule has 0 aliphatic carbocycles. The van der Waals surface area contributed by atoms with E-state index in [0.717, 1.165) is 25.1 Å². The first kappa shape index (κ1) is 11.8. The third kappa shape index (κ3) is 3.40. The van der Waals surface area contributed by atoms with Crippen LogP contribution in [0.25, 0.3) is 5.57 Å². The molecule has 82 valence electrons. The minimum atomic E-state index is 0.744. The fourth-order valence-corrected chi connectivity index (χ4v) is 1.55. The van der Waals surface area contributed by atoms with Crippen molar-refractivity contribution < 1.29 is 4.74 Å². The van der Waals surface area contributed by atoms with Crippen molar-refractivity contribution in [3.05, 3.63) is 35.9 Å². The molecule has 0 aliphatic rings. The SMILES string of the molecule is C/C=C(\CCCN)c1ccc(OC)cc1. The summed E-state index contributed by atoms with van der Waals surface area (Å²) in [6.07, 6.45) is 4.22. The quantitative estimate of drug-likeness (QED) is 0.802. The normalized spacial score (nSPS) is 11.5. The van der Waals surface area contributed by atoms with Crippen molar-refractivity contribution in [1.82, 2.24) is 0 Å². The molecule has 2 nitrogen and oxygen atoms in total. The summed E-state index contributed by atoms with van der Waals surface area (Å²) in [7, 11) is 1.68. The van der Waals surface area contributed by atoms with E-state index in [-0.39, 0.29) is 0 Å². The number of methoxy groups -OCH3 is 1. The highest BCUT2D eigenvalue weighted by Gasteiger charge is 2.00. The Hall–Kier alpha value is -1.28. The van der Waals surface area contributed by atoms with E-state index in [1.54, 1.807) is 7.11 Å². The molecular formula is C13H19NO. The molecule has 1 rings (SSSR count). The summed E-state index contributed by atoms with van der Waals surface area (Å²) in [4.78, 5) is 0. The van der Waals surface area contributed by atoms with Gasteiger partial charge in [-0.25, -0.2) is 0 Å². The Morgan fingerprint density at radius 2 is 2.00 bits per heavy atom. The molecule has 0 aromatic heterocycles. The van der Waals surface area contributed by atoms with Crippen molar-refractivity contribution in [3.63, 3.8) is 0 Å². The number of rotatable bonds is 5. The topological polar surface area (TPSA) is 35.2 Å². The van der Waals surface area contributed by atoms with E-state index < -0.39 is 0 Å². The fraction of sp³-hybridized carbons (Fsp3) is 0.385. The summed E-state index contributed by atoms with van der Waals surface area (Å²) in [6, 6.07) is 8.15. The first-order valence-electron chi connectivity index (χ1n) is 5.31. The van der Waals surface area contributed by atoms with Crippen LogP contribution in [0.15, 0.2) is 30.3 Å². The molecule has 0 radical (unpaired) electrons. The number of ether oxygens (including phenoxy) is 1. The second kappa shape index (κ2) is 6.25. The van der Waals surface area contributed by atoms with Gasteiger partial charge < -0.3 is 10.5 Å². The largest absolute Gasteiger partial charge is 0.497 e. The highest BCUT2D eigenvalue weighted by molar-refractivity contribution is 5.65. The van der Waals surface area contributed by atoms with Crippen LogP contribution in [0.1, 0.15) is 25.3 Å². The van der Waals surface area contributed by atoms with Gasteiger partial charge in [-0.3, -0.25) is 0 Å². The van der Waals surface area contributed by atoms with Crippen LogP contribution in [0.4, 0.5) is 0 Å². The Morgan fingerprint density at radius 1 is 1.33 bits per heavy atom. The van der Waals surface area contributed by atoms with Gasteiger partial charge in [0.05, 0.1) is 7.11 Å². The predicted molar refractivity (Wildman–Crippen MR) is 64.9 cm³/mol. The van der Waals surface area contributed by atoms with E-state index in [1.165, 1.54) is 11.1 Å². The van der Waals surface area contributed by atoms with Gasteiger partial charge in [0.2, 0.25) is 0 Å². The van der Waals surface area contributed by atoms with Crippen LogP contribution in [0.5, 0.6) is 5.75 Å². The van der Waals surface area contributed by atoms with Gasteiger partial charge in [-0.1, -0.05) is 18.2 Å². The molecule has 0 atom stereocenters. The maximum absolute atomic E-state index is 5.51. The number of benzene rings is 1.